The lowest BCUT2D eigenvalue weighted by Gasteiger charge is -2.16. The van der Waals surface area contributed by atoms with Gasteiger partial charge in [-0.05, 0) is 131 Å². The van der Waals surface area contributed by atoms with Crippen molar-refractivity contribution < 1.29 is 0 Å². The first kappa shape index (κ1) is 32.5. The molecule has 4 rings (SSSR count). The molecule has 0 amide bonds. The Kier molecular flexibility index (Phi) is 11.7. The minimum absolute atomic E-state index is 0.984. The Morgan fingerprint density at radius 1 is 0.705 bits per heavy atom. The van der Waals surface area contributed by atoms with Crippen LogP contribution in [0.25, 0.3) is 39.0 Å². The maximum atomic E-state index is 4.62. The van der Waals surface area contributed by atoms with Crippen LogP contribution < -0.4 is 0 Å². The Bertz CT molecular complexity index is 1700. The standard InChI is InChI=1S/C44H48/c1-8-13-19-34(11-4)40-25-23-37(17-9-2)43(30-40)33(7)29-38(18-10-3)41-24-22-35(12-5)44(31-41)42-27-26-39(28-32(42)6)36-20-15-14-16-21-36/h10-11,13-16,18-31H,7-9,12,17H2,1-6H3/b18-10-,19-13-,34-11+,38-29+. The number of hydrogen-bond acceptors (Lipinski definition) is 0. The molecule has 0 bridgehead atoms. The van der Waals surface area contributed by atoms with Crippen molar-refractivity contribution in [1.29, 1.82) is 0 Å². The Balaban J connectivity index is 1.78. The average Bonchev–Trinajstić information content (AvgIpc) is 3.05. The topological polar surface area (TPSA) is 0 Å². The third-order valence-electron chi connectivity index (χ3n) is 8.28. The first-order valence-electron chi connectivity index (χ1n) is 16.2. The van der Waals surface area contributed by atoms with Gasteiger partial charge in [0.25, 0.3) is 0 Å². The zero-order chi connectivity index (χ0) is 31.5. The Morgan fingerprint density at radius 2 is 1.43 bits per heavy atom. The summed E-state index contributed by atoms with van der Waals surface area (Å²) in [4.78, 5) is 0. The second-order valence-electron chi connectivity index (χ2n) is 11.4. The van der Waals surface area contributed by atoms with Crippen LogP contribution in [0.4, 0.5) is 0 Å². The molecule has 0 aliphatic heterocycles. The molecule has 0 aromatic heterocycles. The molecule has 4 aromatic carbocycles. The third-order valence-corrected chi connectivity index (χ3v) is 8.28. The van der Waals surface area contributed by atoms with Gasteiger partial charge in [-0.3, -0.25) is 0 Å². The summed E-state index contributed by atoms with van der Waals surface area (Å²) in [6.07, 6.45) is 17.4. The normalized spacial score (nSPS) is 12.4. The van der Waals surface area contributed by atoms with Crippen LogP contribution in [0.15, 0.2) is 128 Å². The summed E-state index contributed by atoms with van der Waals surface area (Å²) in [5.41, 5.74) is 16.2. The van der Waals surface area contributed by atoms with Crippen molar-refractivity contribution in [2.75, 3.05) is 0 Å². The van der Waals surface area contributed by atoms with Crippen LogP contribution in [0.5, 0.6) is 0 Å². The molecule has 0 aliphatic carbocycles. The highest BCUT2D eigenvalue weighted by Gasteiger charge is 2.13. The van der Waals surface area contributed by atoms with Crippen LogP contribution in [0.2, 0.25) is 0 Å². The van der Waals surface area contributed by atoms with Crippen LogP contribution >= 0.6 is 0 Å². The van der Waals surface area contributed by atoms with Gasteiger partial charge < -0.3 is 0 Å². The molecule has 0 nitrogen and oxygen atoms in total. The zero-order valence-corrected chi connectivity index (χ0v) is 27.6. The summed E-state index contributed by atoms with van der Waals surface area (Å²) >= 11 is 0. The number of rotatable bonds is 12. The van der Waals surface area contributed by atoms with Gasteiger partial charge in [-0.1, -0.05) is 137 Å². The number of allylic oxidation sites excluding steroid dienone is 9. The van der Waals surface area contributed by atoms with Gasteiger partial charge in [0.05, 0.1) is 0 Å². The predicted molar refractivity (Wildman–Crippen MR) is 197 cm³/mol. The summed E-state index contributed by atoms with van der Waals surface area (Å²) in [7, 11) is 0. The molecular weight excluding hydrogens is 528 g/mol. The van der Waals surface area contributed by atoms with E-state index in [1.807, 2.05) is 0 Å². The highest BCUT2D eigenvalue weighted by molar-refractivity contribution is 5.90. The van der Waals surface area contributed by atoms with Crippen LogP contribution in [0.1, 0.15) is 80.8 Å². The fourth-order valence-corrected chi connectivity index (χ4v) is 5.91. The quantitative estimate of drug-likeness (QED) is 0.147. The summed E-state index contributed by atoms with van der Waals surface area (Å²) in [6.45, 7) is 17.7. The van der Waals surface area contributed by atoms with Crippen molar-refractivity contribution in [2.45, 2.75) is 67.2 Å². The summed E-state index contributed by atoms with van der Waals surface area (Å²) in [5.74, 6) is 0. The van der Waals surface area contributed by atoms with Crippen LogP contribution in [-0.4, -0.2) is 0 Å². The predicted octanol–water partition coefficient (Wildman–Crippen LogP) is 12.9. The third kappa shape index (κ3) is 7.74. The lowest BCUT2D eigenvalue weighted by molar-refractivity contribution is 0.918. The maximum absolute atomic E-state index is 4.62. The minimum atomic E-state index is 0.984. The summed E-state index contributed by atoms with van der Waals surface area (Å²) in [6, 6.07) is 31.3. The fraction of sp³-hybridized carbons (Fsp3) is 0.227. The van der Waals surface area contributed by atoms with Crippen LogP contribution in [-0.2, 0) is 12.8 Å². The van der Waals surface area contributed by atoms with E-state index < -0.39 is 0 Å². The van der Waals surface area contributed by atoms with E-state index in [0.717, 1.165) is 31.3 Å². The van der Waals surface area contributed by atoms with Crippen LogP contribution in [0, 0.1) is 6.92 Å². The second-order valence-corrected chi connectivity index (χ2v) is 11.4. The number of aryl methyl sites for hydroxylation is 3. The van der Waals surface area contributed by atoms with E-state index in [4.69, 9.17) is 0 Å². The Labute approximate surface area is 266 Å². The molecule has 0 heterocycles. The van der Waals surface area contributed by atoms with Gasteiger partial charge in [0.15, 0.2) is 0 Å². The smallest absolute Gasteiger partial charge is 0.0143 e. The van der Waals surface area contributed by atoms with Crippen molar-refractivity contribution in [3.05, 3.63) is 161 Å². The molecule has 0 radical (unpaired) electrons. The van der Waals surface area contributed by atoms with Gasteiger partial charge in [-0.25, -0.2) is 0 Å². The van der Waals surface area contributed by atoms with Gasteiger partial charge >= 0.3 is 0 Å². The second kappa shape index (κ2) is 15.9. The van der Waals surface area contributed by atoms with Crippen molar-refractivity contribution in [3.8, 4) is 22.3 Å². The van der Waals surface area contributed by atoms with E-state index in [2.05, 4.69) is 170 Å². The van der Waals surface area contributed by atoms with Gasteiger partial charge in [-0.15, -0.1) is 0 Å². The fourth-order valence-electron chi connectivity index (χ4n) is 5.91. The lowest BCUT2D eigenvalue weighted by atomic mass is 9.88. The SMILES string of the molecule is C=C(/C=C(\C=C/C)c1ccc(CC)c(-c2ccc(-c3ccccc3)cc2C)c1)c1cc(C(/C=C\CC)=C/C)ccc1CCC. The molecule has 0 heteroatoms. The monoisotopic (exact) mass is 576 g/mol. The molecule has 0 saturated carbocycles. The Morgan fingerprint density at radius 3 is 2.07 bits per heavy atom. The van der Waals surface area contributed by atoms with E-state index in [1.54, 1.807) is 0 Å². The highest BCUT2D eigenvalue weighted by atomic mass is 14.2. The first-order chi connectivity index (χ1) is 21.4. The van der Waals surface area contributed by atoms with Gasteiger partial charge in [0, 0.05) is 0 Å². The molecule has 0 fully saturated rings. The molecule has 0 aliphatic rings. The van der Waals surface area contributed by atoms with E-state index in [1.165, 1.54) is 66.8 Å². The van der Waals surface area contributed by atoms with Gasteiger partial charge in [-0.2, -0.15) is 0 Å². The molecule has 0 atom stereocenters. The van der Waals surface area contributed by atoms with E-state index in [0.29, 0.717) is 0 Å². The molecule has 0 unspecified atom stereocenters. The van der Waals surface area contributed by atoms with Crippen molar-refractivity contribution in [2.24, 2.45) is 0 Å². The van der Waals surface area contributed by atoms with E-state index in [-0.39, 0.29) is 0 Å². The highest BCUT2D eigenvalue weighted by Crippen LogP contribution is 2.35. The molecule has 0 saturated heterocycles. The van der Waals surface area contributed by atoms with Crippen molar-refractivity contribution in [3.63, 3.8) is 0 Å². The number of benzene rings is 4. The maximum Gasteiger partial charge on any atom is -0.0143 e. The summed E-state index contributed by atoms with van der Waals surface area (Å²) in [5, 5.41) is 0. The zero-order valence-electron chi connectivity index (χ0n) is 27.6. The number of hydrogen-bond donors (Lipinski definition) is 0. The average molecular weight is 577 g/mol. The van der Waals surface area contributed by atoms with Gasteiger partial charge in [0.1, 0.15) is 0 Å². The first-order valence-corrected chi connectivity index (χ1v) is 16.2. The molecular formula is C44H48. The molecule has 0 spiro atoms. The molecule has 0 N–H and O–H groups in total. The van der Waals surface area contributed by atoms with Crippen LogP contribution in [0.3, 0.4) is 0 Å². The molecule has 224 valence electrons. The minimum Gasteiger partial charge on any atom is -0.0911 e. The molecule has 44 heavy (non-hydrogen) atoms. The van der Waals surface area contributed by atoms with Gasteiger partial charge in [0.2, 0.25) is 0 Å². The van der Waals surface area contributed by atoms with Crippen molar-refractivity contribution >= 4 is 16.7 Å². The largest absolute Gasteiger partial charge is 0.0911 e. The van der Waals surface area contributed by atoms with E-state index >= 15 is 0 Å². The van der Waals surface area contributed by atoms with Crippen molar-refractivity contribution in [1.82, 2.24) is 0 Å². The summed E-state index contributed by atoms with van der Waals surface area (Å²) < 4.78 is 0. The Hall–Kier alpha value is -4.42. The van der Waals surface area contributed by atoms with E-state index in [9.17, 15) is 0 Å². The molecule has 4 aromatic rings. The lowest BCUT2D eigenvalue weighted by Crippen LogP contribution is -1.96.